The molecular formula is C32H36ClN3O4. The number of carbonyl (C=O) groups excluding carboxylic acids is 1. The van der Waals surface area contributed by atoms with Gasteiger partial charge >= 0.3 is 0 Å². The maximum atomic E-state index is 13.5. The maximum absolute atomic E-state index is 13.5. The Hall–Kier alpha value is -3.81. The molecule has 40 heavy (non-hydrogen) atoms. The van der Waals surface area contributed by atoms with Gasteiger partial charge in [0.25, 0.3) is 5.91 Å². The van der Waals surface area contributed by atoms with Gasteiger partial charge in [0.1, 0.15) is 11.5 Å². The summed E-state index contributed by atoms with van der Waals surface area (Å²) in [7, 11) is 3.52. The fraction of sp³-hybridized carbons (Fsp3) is 0.312. The average molecular weight is 562 g/mol. The molecule has 210 valence electrons. The van der Waals surface area contributed by atoms with Gasteiger partial charge in [-0.25, -0.2) is 0 Å². The number of halogens is 1. The second kappa shape index (κ2) is 13.0. The molecule has 0 atom stereocenters. The van der Waals surface area contributed by atoms with E-state index in [9.17, 15) is 9.59 Å². The van der Waals surface area contributed by atoms with Gasteiger partial charge in [0.15, 0.2) is 11.0 Å². The van der Waals surface area contributed by atoms with Gasteiger partial charge in [-0.15, -0.1) is 12.4 Å². The molecule has 1 saturated heterocycles. The molecule has 8 heteroatoms. The summed E-state index contributed by atoms with van der Waals surface area (Å²) in [5.74, 6) is 1.26. The van der Waals surface area contributed by atoms with Crippen LogP contribution in [-0.4, -0.2) is 69.1 Å². The zero-order chi connectivity index (χ0) is 27.4. The van der Waals surface area contributed by atoms with Gasteiger partial charge in [-0.1, -0.05) is 48.5 Å². The standard InChI is InChI=1S/C32H35N3O4.ClH/c1-23-29(36)25-13-9-14-26(31(25)39-30(23)24-11-5-4-6-12-24)32(37)33(2)17-10-18-34-19-21-35(22-20-34)27-15-7-8-16-28(27)38-3;/h4-9,11-16H,10,17-22H2,1-3H3;1H. The first kappa shape index (κ1) is 29.2. The highest BCUT2D eigenvalue weighted by Gasteiger charge is 2.22. The molecule has 0 radical (unpaired) electrons. The molecule has 1 amide bonds. The molecule has 1 fully saturated rings. The lowest BCUT2D eigenvalue weighted by molar-refractivity contribution is 0.0789. The first-order valence-electron chi connectivity index (χ1n) is 13.5. The van der Waals surface area contributed by atoms with Crippen molar-refractivity contribution in [3.8, 4) is 17.1 Å². The van der Waals surface area contributed by atoms with Gasteiger partial charge in [-0.05, 0) is 44.2 Å². The van der Waals surface area contributed by atoms with Crippen molar-refractivity contribution in [1.82, 2.24) is 9.80 Å². The number of methoxy groups -OCH3 is 1. The van der Waals surface area contributed by atoms with E-state index in [4.69, 9.17) is 9.15 Å². The normalized spacial score (nSPS) is 13.6. The molecule has 4 aromatic rings. The van der Waals surface area contributed by atoms with Crippen LogP contribution in [0.4, 0.5) is 5.69 Å². The average Bonchev–Trinajstić information content (AvgIpc) is 2.99. The minimum atomic E-state index is -0.146. The van der Waals surface area contributed by atoms with Crippen LogP contribution in [0.3, 0.4) is 0 Å². The zero-order valence-corrected chi connectivity index (χ0v) is 24.1. The lowest BCUT2D eigenvalue weighted by Gasteiger charge is -2.36. The highest BCUT2D eigenvalue weighted by atomic mass is 35.5. The Morgan fingerprint density at radius 3 is 2.38 bits per heavy atom. The van der Waals surface area contributed by atoms with Crippen molar-refractivity contribution in [2.24, 2.45) is 0 Å². The number of carbonyl (C=O) groups is 1. The SMILES string of the molecule is COc1ccccc1N1CCN(CCCN(C)C(=O)c2cccc3c(=O)c(C)c(-c4ccccc4)oc23)CC1.Cl. The lowest BCUT2D eigenvalue weighted by atomic mass is 10.0. The molecule has 0 N–H and O–H groups in total. The Kier molecular flexibility index (Phi) is 9.50. The number of ether oxygens (including phenoxy) is 1. The van der Waals surface area contributed by atoms with Gasteiger partial charge in [0.05, 0.1) is 23.7 Å². The summed E-state index contributed by atoms with van der Waals surface area (Å²) in [6, 6.07) is 22.9. The molecule has 1 aliphatic rings. The quantitative estimate of drug-likeness (QED) is 0.284. The number of fused-ring (bicyclic) bond motifs is 1. The fourth-order valence-electron chi connectivity index (χ4n) is 5.28. The molecule has 0 bridgehead atoms. The van der Waals surface area contributed by atoms with Crippen LogP contribution in [0.1, 0.15) is 22.3 Å². The predicted molar refractivity (Wildman–Crippen MR) is 163 cm³/mol. The number of hydrogen-bond acceptors (Lipinski definition) is 6. The fourth-order valence-corrected chi connectivity index (χ4v) is 5.28. The van der Waals surface area contributed by atoms with Crippen LogP contribution in [0, 0.1) is 6.92 Å². The molecule has 0 unspecified atom stereocenters. The Bertz CT molecular complexity index is 1510. The summed E-state index contributed by atoms with van der Waals surface area (Å²) >= 11 is 0. The minimum Gasteiger partial charge on any atom is -0.495 e. The van der Waals surface area contributed by atoms with E-state index in [2.05, 4.69) is 15.9 Å². The van der Waals surface area contributed by atoms with E-state index in [0.717, 1.165) is 56.1 Å². The zero-order valence-electron chi connectivity index (χ0n) is 23.3. The van der Waals surface area contributed by atoms with E-state index >= 15 is 0 Å². The molecule has 0 spiro atoms. The highest BCUT2D eigenvalue weighted by Crippen LogP contribution is 2.29. The Balaban J connectivity index is 0.00000370. The van der Waals surface area contributed by atoms with Crippen molar-refractivity contribution in [3.05, 3.63) is 94.1 Å². The summed E-state index contributed by atoms with van der Waals surface area (Å²) in [6.45, 7) is 7.10. The van der Waals surface area contributed by atoms with Crippen LogP contribution >= 0.6 is 12.4 Å². The molecule has 7 nitrogen and oxygen atoms in total. The van der Waals surface area contributed by atoms with Gasteiger partial charge in [0, 0.05) is 50.9 Å². The topological polar surface area (TPSA) is 66.2 Å². The number of anilines is 1. The van der Waals surface area contributed by atoms with E-state index in [1.54, 1.807) is 37.1 Å². The molecule has 5 rings (SSSR count). The van der Waals surface area contributed by atoms with Crippen LogP contribution < -0.4 is 15.1 Å². The van der Waals surface area contributed by atoms with E-state index in [0.29, 0.717) is 34.4 Å². The van der Waals surface area contributed by atoms with Crippen LogP contribution in [-0.2, 0) is 0 Å². The highest BCUT2D eigenvalue weighted by molar-refractivity contribution is 6.05. The van der Waals surface area contributed by atoms with Crippen LogP contribution in [0.2, 0.25) is 0 Å². The summed E-state index contributed by atoms with van der Waals surface area (Å²) in [5, 5.41) is 0.430. The Labute approximate surface area is 241 Å². The Morgan fingerprint density at radius 2 is 1.65 bits per heavy atom. The summed E-state index contributed by atoms with van der Waals surface area (Å²) in [4.78, 5) is 33.2. The second-order valence-electron chi connectivity index (χ2n) is 10.0. The molecule has 1 aliphatic heterocycles. The lowest BCUT2D eigenvalue weighted by Crippen LogP contribution is -2.47. The van der Waals surface area contributed by atoms with Crippen molar-refractivity contribution in [1.29, 1.82) is 0 Å². The first-order valence-corrected chi connectivity index (χ1v) is 13.5. The largest absolute Gasteiger partial charge is 0.495 e. The van der Waals surface area contributed by atoms with E-state index < -0.39 is 0 Å². The third-order valence-corrected chi connectivity index (χ3v) is 7.52. The molecule has 2 heterocycles. The van der Waals surface area contributed by atoms with E-state index in [1.807, 2.05) is 55.6 Å². The smallest absolute Gasteiger partial charge is 0.257 e. The van der Waals surface area contributed by atoms with E-state index in [-0.39, 0.29) is 23.7 Å². The maximum Gasteiger partial charge on any atom is 0.257 e. The van der Waals surface area contributed by atoms with Gasteiger partial charge in [0.2, 0.25) is 0 Å². The summed E-state index contributed by atoms with van der Waals surface area (Å²) in [6.07, 6.45) is 0.861. The van der Waals surface area contributed by atoms with Crippen LogP contribution in [0.25, 0.3) is 22.3 Å². The molecule has 0 saturated carbocycles. The Morgan fingerprint density at radius 1 is 0.950 bits per heavy atom. The minimum absolute atomic E-state index is 0. The first-order chi connectivity index (χ1) is 19.0. The van der Waals surface area contributed by atoms with Crippen molar-refractivity contribution in [2.45, 2.75) is 13.3 Å². The predicted octanol–water partition coefficient (Wildman–Crippen LogP) is 5.48. The monoisotopic (exact) mass is 561 g/mol. The van der Waals surface area contributed by atoms with Crippen LogP contribution in [0.15, 0.2) is 82.0 Å². The third kappa shape index (κ3) is 6.01. The number of para-hydroxylation sites is 3. The molecule has 3 aromatic carbocycles. The molecule has 1 aromatic heterocycles. The van der Waals surface area contributed by atoms with Crippen molar-refractivity contribution in [2.75, 3.05) is 58.3 Å². The van der Waals surface area contributed by atoms with Gasteiger partial charge in [-0.2, -0.15) is 0 Å². The van der Waals surface area contributed by atoms with Crippen molar-refractivity contribution < 1.29 is 13.9 Å². The van der Waals surface area contributed by atoms with Crippen LogP contribution in [0.5, 0.6) is 5.75 Å². The van der Waals surface area contributed by atoms with E-state index in [1.165, 1.54) is 0 Å². The number of nitrogens with zero attached hydrogens (tertiary/aromatic N) is 3. The second-order valence-corrected chi connectivity index (χ2v) is 10.0. The number of hydrogen-bond donors (Lipinski definition) is 0. The summed E-state index contributed by atoms with van der Waals surface area (Å²) < 4.78 is 11.8. The van der Waals surface area contributed by atoms with Gasteiger partial charge in [-0.3, -0.25) is 14.5 Å². The number of rotatable bonds is 8. The number of piperazine rings is 1. The number of amides is 1. The molecule has 0 aliphatic carbocycles. The van der Waals surface area contributed by atoms with Gasteiger partial charge < -0.3 is 19.0 Å². The van der Waals surface area contributed by atoms with Crippen molar-refractivity contribution >= 4 is 35.0 Å². The third-order valence-electron chi connectivity index (χ3n) is 7.52. The summed E-state index contributed by atoms with van der Waals surface area (Å²) in [5.41, 5.74) is 3.14. The van der Waals surface area contributed by atoms with Crippen molar-refractivity contribution in [3.63, 3.8) is 0 Å². The molecular weight excluding hydrogens is 526 g/mol. The number of benzene rings is 3.